The molecule has 0 fully saturated rings. The molecule has 0 aliphatic carbocycles. The summed E-state index contributed by atoms with van der Waals surface area (Å²) in [6.45, 7) is 0. The maximum Gasteiger partial charge on any atom is 0.128 e. The van der Waals surface area contributed by atoms with E-state index in [1.165, 1.54) is 0 Å². The van der Waals surface area contributed by atoms with Gasteiger partial charge in [-0.05, 0) is 24.3 Å². The topological polar surface area (TPSA) is 53.1 Å². The third-order valence-electron chi connectivity index (χ3n) is 3.26. The summed E-state index contributed by atoms with van der Waals surface area (Å²) in [5.41, 5.74) is 9.41. The van der Waals surface area contributed by atoms with E-state index in [0.29, 0.717) is 5.69 Å². The van der Waals surface area contributed by atoms with Crippen LogP contribution >= 0.6 is 0 Å². The largest absolute Gasteiger partial charge is 0.496 e. The molecular formula is C15H15N3O. The van der Waals surface area contributed by atoms with Crippen molar-refractivity contribution in [3.63, 3.8) is 0 Å². The number of benzene rings is 1. The fourth-order valence-electron chi connectivity index (χ4n) is 2.34. The third kappa shape index (κ3) is 1.81. The number of hydrogen-bond donors (Lipinski definition) is 1. The van der Waals surface area contributed by atoms with E-state index in [4.69, 9.17) is 10.5 Å². The first-order chi connectivity index (χ1) is 9.20. The Bertz CT molecular complexity index is 729. The number of rotatable bonds is 2. The summed E-state index contributed by atoms with van der Waals surface area (Å²) in [6.07, 6.45) is 3.73. The van der Waals surface area contributed by atoms with Gasteiger partial charge in [0.2, 0.25) is 0 Å². The Morgan fingerprint density at radius 1 is 1.21 bits per heavy atom. The Balaban J connectivity index is 2.32. The lowest BCUT2D eigenvalue weighted by Crippen LogP contribution is -1.88. The van der Waals surface area contributed by atoms with Gasteiger partial charge < -0.3 is 15.0 Å². The lowest BCUT2D eigenvalue weighted by atomic mass is 10.1. The van der Waals surface area contributed by atoms with Crippen LogP contribution in [0.2, 0.25) is 0 Å². The second-order valence-electron chi connectivity index (χ2n) is 4.48. The molecule has 0 amide bonds. The fourth-order valence-corrected chi connectivity index (χ4v) is 2.34. The van der Waals surface area contributed by atoms with Crippen LogP contribution in [0.15, 0.2) is 42.7 Å². The lowest BCUT2D eigenvalue weighted by Gasteiger charge is -2.05. The summed E-state index contributed by atoms with van der Waals surface area (Å²) in [5.74, 6) is 0.853. The quantitative estimate of drug-likeness (QED) is 0.764. The van der Waals surface area contributed by atoms with Crippen LogP contribution in [-0.2, 0) is 7.05 Å². The number of aryl methyl sites for hydroxylation is 1. The van der Waals surface area contributed by atoms with Gasteiger partial charge in [0.25, 0.3) is 0 Å². The van der Waals surface area contributed by atoms with Gasteiger partial charge in [0.15, 0.2) is 0 Å². The number of anilines is 1. The molecule has 0 spiro atoms. The predicted octanol–water partition coefficient (Wildman–Crippen LogP) is 2.83. The van der Waals surface area contributed by atoms with Crippen molar-refractivity contribution in [3.8, 4) is 17.0 Å². The number of pyridine rings is 1. The fraction of sp³-hybridized carbons (Fsp3) is 0.133. The molecule has 2 aromatic heterocycles. The number of methoxy groups -OCH3 is 1. The number of nitrogens with two attached hydrogens (primary N) is 1. The molecule has 0 bridgehead atoms. The number of aromatic nitrogens is 2. The highest BCUT2D eigenvalue weighted by Gasteiger charge is 2.13. The number of nitrogens with zero attached hydrogens (tertiary/aromatic N) is 2. The monoisotopic (exact) mass is 253 g/mol. The van der Waals surface area contributed by atoms with Crippen LogP contribution in [0.5, 0.6) is 5.75 Å². The second-order valence-corrected chi connectivity index (χ2v) is 4.48. The van der Waals surface area contributed by atoms with E-state index < -0.39 is 0 Å². The van der Waals surface area contributed by atoms with Crippen LogP contribution in [0.3, 0.4) is 0 Å². The number of fused-ring (bicyclic) bond motifs is 1. The zero-order valence-electron chi connectivity index (χ0n) is 10.9. The van der Waals surface area contributed by atoms with Crippen LogP contribution in [0.25, 0.3) is 22.2 Å². The van der Waals surface area contributed by atoms with Gasteiger partial charge in [-0.2, -0.15) is 0 Å². The average Bonchev–Trinajstić information content (AvgIpc) is 2.77. The Morgan fingerprint density at radius 2 is 2.05 bits per heavy atom. The molecule has 0 aliphatic heterocycles. The van der Waals surface area contributed by atoms with E-state index in [1.54, 1.807) is 13.3 Å². The van der Waals surface area contributed by atoms with Gasteiger partial charge in [0.05, 0.1) is 35.6 Å². The SMILES string of the molecule is COc1cccc2c1c(-c1ccc(N)cn1)cn2C. The lowest BCUT2D eigenvalue weighted by molar-refractivity contribution is 0.420. The zero-order valence-corrected chi connectivity index (χ0v) is 10.9. The summed E-state index contributed by atoms with van der Waals surface area (Å²) >= 11 is 0. The number of hydrogen-bond acceptors (Lipinski definition) is 3. The molecule has 96 valence electrons. The van der Waals surface area contributed by atoms with Crippen molar-refractivity contribution >= 4 is 16.6 Å². The molecule has 2 heterocycles. The van der Waals surface area contributed by atoms with E-state index in [-0.39, 0.29) is 0 Å². The van der Waals surface area contributed by atoms with Crippen molar-refractivity contribution in [2.45, 2.75) is 0 Å². The van der Waals surface area contributed by atoms with E-state index in [1.807, 2.05) is 31.3 Å². The summed E-state index contributed by atoms with van der Waals surface area (Å²) in [5, 5.41) is 1.07. The normalized spacial score (nSPS) is 10.8. The minimum Gasteiger partial charge on any atom is -0.496 e. The van der Waals surface area contributed by atoms with Gasteiger partial charge in [0.1, 0.15) is 5.75 Å². The maximum absolute atomic E-state index is 5.69. The Hall–Kier alpha value is -2.49. The van der Waals surface area contributed by atoms with Crippen molar-refractivity contribution < 1.29 is 4.74 Å². The van der Waals surface area contributed by atoms with E-state index in [0.717, 1.165) is 27.9 Å². The van der Waals surface area contributed by atoms with Gasteiger partial charge in [-0.3, -0.25) is 4.98 Å². The standard InChI is InChI=1S/C15H15N3O/c1-18-9-11(12-7-6-10(16)8-17-12)15-13(18)4-3-5-14(15)19-2/h3-9H,16H2,1-2H3. The highest BCUT2D eigenvalue weighted by Crippen LogP contribution is 2.35. The Labute approximate surface area is 111 Å². The molecule has 0 atom stereocenters. The Kier molecular flexibility index (Phi) is 2.63. The molecule has 1 aromatic carbocycles. The molecule has 0 saturated carbocycles. The first kappa shape index (κ1) is 11.6. The van der Waals surface area contributed by atoms with Gasteiger partial charge in [-0.1, -0.05) is 6.07 Å². The van der Waals surface area contributed by atoms with Gasteiger partial charge in [-0.25, -0.2) is 0 Å². The molecule has 0 unspecified atom stereocenters. The highest BCUT2D eigenvalue weighted by atomic mass is 16.5. The van der Waals surface area contributed by atoms with Crippen LogP contribution in [0.1, 0.15) is 0 Å². The summed E-state index contributed by atoms with van der Waals surface area (Å²) in [6, 6.07) is 9.80. The van der Waals surface area contributed by atoms with Crippen LogP contribution < -0.4 is 10.5 Å². The number of ether oxygens (including phenoxy) is 1. The molecule has 3 aromatic rings. The van der Waals surface area contributed by atoms with Gasteiger partial charge in [-0.15, -0.1) is 0 Å². The van der Waals surface area contributed by atoms with Crippen molar-refractivity contribution in [2.24, 2.45) is 7.05 Å². The van der Waals surface area contributed by atoms with Crippen LogP contribution in [0.4, 0.5) is 5.69 Å². The first-order valence-corrected chi connectivity index (χ1v) is 6.04. The predicted molar refractivity (Wildman–Crippen MR) is 77.1 cm³/mol. The molecule has 0 aliphatic rings. The van der Waals surface area contributed by atoms with Crippen molar-refractivity contribution in [3.05, 3.63) is 42.7 Å². The van der Waals surface area contributed by atoms with Crippen molar-refractivity contribution in [2.75, 3.05) is 12.8 Å². The molecule has 3 rings (SSSR count). The molecule has 0 radical (unpaired) electrons. The van der Waals surface area contributed by atoms with Crippen molar-refractivity contribution in [1.29, 1.82) is 0 Å². The second kappa shape index (κ2) is 4.31. The minimum absolute atomic E-state index is 0.663. The maximum atomic E-state index is 5.69. The molecule has 4 nitrogen and oxygen atoms in total. The first-order valence-electron chi connectivity index (χ1n) is 6.04. The summed E-state index contributed by atoms with van der Waals surface area (Å²) in [7, 11) is 3.70. The molecule has 19 heavy (non-hydrogen) atoms. The zero-order chi connectivity index (χ0) is 13.4. The molecule has 4 heteroatoms. The third-order valence-corrected chi connectivity index (χ3v) is 3.26. The number of nitrogen functional groups attached to an aromatic ring is 1. The molecular weight excluding hydrogens is 238 g/mol. The van der Waals surface area contributed by atoms with E-state index in [9.17, 15) is 0 Å². The summed E-state index contributed by atoms with van der Waals surface area (Å²) in [4.78, 5) is 4.39. The Morgan fingerprint density at radius 3 is 2.74 bits per heavy atom. The van der Waals surface area contributed by atoms with E-state index >= 15 is 0 Å². The van der Waals surface area contributed by atoms with Crippen molar-refractivity contribution in [1.82, 2.24) is 9.55 Å². The van der Waals surface area contributed by atoms with Gasteiger partial charge in [0, 0.05) is 18.8 Å². The average molecular weight is 253 g/mol. The minimum atomic E-state index is 0.663. The van der Waals surface area contributed by atoms with Crippen LogP contribution in [0, 0.1) is 0 Å². The van der Waals surface area contributed by atoms with E-state index in [2.05, 4.69) is 21.8 Å². The highest BCUT2D eigenvalue weighted by molar-refractivity contribution is 5.99. The summed E-state index contributed by atoms with van der Waals surface area (Å²) < 4.78 is 7.54. The van der Waals surface area contributed by atoms with Gasteiger partial charge >= 0.3 is 0 Å². The molecule has 0 saturated heterocycles. The van der Waals surface area contributed by atoms with Crippen LogP contribution in [-0.4, -0.2) is 16.7 Å². The molecule has 2 N–H and O–H groups in total. The smallest absolute Gasteiger partial charge is 0.128 e.